The summed E-state index contributed by atoms with van der Waals surface area (Å²) in [6.45, 7) is 2.53. The number of hydrogen-bond acceptors (Lipinski definition) is 6. The molecule has 1 atom stereocenters. The maximum Gasteiger partial charge on any atom is 0.226 e. The van der Waals surface area contributed by atoms with Gasteiger partial charge in [-0.1, -0.05) is 10.4 Å². The smallest absolute Gasteiger partial charge is 0.226 e. The zero-order chi connectivity index (χ0) is 15.2. The Labute approximate surface area is 127 Å². The quantitative estimate of drug-likeness (QED) is 0.775. The van der Waals surface area contributed by atoms with E-state index in [1.54, 1.807) is 34.4 Å². The van der Waals surface area contributed by atoms with Crippen molar-refractivity contribution in [2.24, 2.45) is 7.05 Å². The van der Waals surface area contributed by atoms with Crippen LogP contribution in [0.2, 0.25) is 0 Å². The van der Waals surface area contributed by atoms with Gasteiger partial charge in [0, 0.05) is 31.2 Å². The lowest BCUT2D eigenvalue weighted by Gasteiger charge is -2.12. The van der Waals surface area contributed by atoms with Crippen molar-refractivity contribution < 1.29 is 4.79 Å². The zero-order valence-corrected chi connectivity index (χ0v) is 13.2. The Morgan fingerprint density at radius 1 is 1.33 bits per heavy atom. The molecule has 2 rings (SSSR count). The molecule has 21 heavy (non-hydrogen) atoms. The van der Waals surface area contributed by atoms with E-state index in [4.69, 9.17) is 0 Å². The first kappa shape index (κ1) is 15.5. The minimum Gasteiger partial charge on any atom is -0.351 e. The molecule has 9 heteroatoms. The van der Waals surface area contributed by atoms with Crippen LogP contribution < -0.4 is 5.32 Å². The molecule has 0 bridgehead atoms. The number of carbonyl (C=O) groups is 1. The summed E-state index contributed by atoms with van der Waals surface area (Å²) in [7, 11) is 1.77. The van der Waals surface area contributed by atoms with Crippen LogP contribution >= 0.6 is 11.8 Å². The van der Waals surface area contributed by atoms with Crippen molar-refractivity contribution in [3.05, 3.63) is 23.8 Å². The number of rotatable bonds is 7. The number of nitrogens with one attached hydrogen (secondary N) is 1. The summed E-state index contributed by atoms with van der Waals surface area (Å²) in [5.74, 6) is 0.764. The third-order valence-electron chi connectivity index (χ3n) is 2.74. The molecule has 1 amide bonds. The molecule has 0 aliphatic heterocycles. The Balaban J connectivity index is 1.80. The predicted molar refractivity (Wildman–Crippen MR) is 79.6 cm³/mol. The summed E-state index contributed by atoms with van der Waals surface area (Å²) in [6, 6.07) is -0.0296. The van der Waals surface area contributed by atoms with Gasteiger partial charge in [0.25, 0.3) is 0 Å². The van der Waals surface area contributed by atoms with E-state index in [0.717, 1.165) is 11.4 Å². The van der Waals surface area contributed by atoms with E-state index in [1.165, 1.54) is 0 Å². The Morgan fingerprint density at radius 3 is 2.76 bits per heavy atom. The highest BCUT2D eigenvalue weighted by molar-refractivity contribution is 7.97. The predicted octanol–water partition coefficient (Wildman–Crippen LogP) is 0.0170. The van der Waals surface area contributed by atoms with E-state index in [-0.39, 0.29) is 18.4 Å². The second kappa shape index (κ2) is 7.21. The molecule has 2 aromatic rings. The molecule has 0 saturated carbocycles. The normalized spacial score (nSPS) is 12.3. The topological polar surface area (TPSA) is 90.5 Å². The summed E-state index contributed by atoms with van der Waals surface area (Å²) in [5.41, 5.74) is 1.60. The van der Waals surface area contributed by atoms with Crippen molar-refractivity contribution in [1.82, 2.24) is 35.3 Å². The highest BCUT2D eigenvalue weighted by Gasteiger charge is 2.11. The summed E-state index contributed by atoms with van der Waals surface area (Å²) in [4.78, 5) is 11.9. The van der Waals surface area contributed by atoms with E-state index < -0.39 is 0 Å². The van der Waals surface area contributed by atoms with Gasteiger partial charge in [0.15, 0.2) is 0 Å². The zero-order valence-electron chi connectivity index (χ0n) is 12.4. The molecule has 0 aliphatic carbocycles. The molecule has 0 aliphatic rings. The first-order valence-electron chi connectivity index (χ1n) is 6.59. The second-order valence-electron chi connectivity index (χ2n) is 4.89. The Morgan fingerprint density at radius 2 is 2.10 bits per heavy atom. The molecular formula is C12H19N7OS. The highest BCUT2D eigenvalue weighted by Crippen LogP contribution is 2.04. The lowest BCUT2D eigenvalue weighted by Crippen LogP contribution is -2.36. The Bertz CT molecular complexity index is 594. The fraction of sp³-hybridized carbons (Fsp3) is 0.583. The van der Waals surface area contributed by atoms with Gasteiger partial charge in [-0.2, -0.15) is 11.8 Å². The van der Waals surface area contributed by atoms with Crippen LogP contribution in [0.15, 0.2) is 12.4 Å². The lowest BCUT2D eigenvalue weighted by molar-refractivity contribution is -0.121. The molecule has 8 nitrogen and oxygen atoms in total. The summed E-state index contributed by atoms with van der Waals surface area (Å²) < 4.78 is 3.33. The molecule has 2 heterocycles. The van der Waals surface area contributed by atoms with Gasteiger partial charge < -0.3 is 5.32 Å². The molecule has 114 valence electrons. The van der Waals surface area contributed by atoms with E-state index in [2.05, 4.69) is 25.9 Å². The van der Waals surface area contributed by atoms with Crippen LogP contribution in [0.3, 0.4) is 0 Å². The lowest BCUT2D eigenvalue weighted by atomic mass is 10.2. The van der Waals surface area contributed by atoms with E-state index in [0.29, 0.717) is 12.2 Å². The van der Waals surface area contributed by atoms with E-state index in [9.17, 15) is 4.79 Å². The summed E-state index contributed by atoms with van der Waals surface area (Å²) >= 11 is 1.70. The average molecular weight is 309 g/mol. The third-order valence-corrected chi connectivity index (χ3v) is 3.32. The van der Waals surface area contributed by atoms with Gasteiger partial charge >= 0.3 is 0 Å². The molecular weight excluding hydrogens is 290 g/mol. The van der Waals surface area contributed by atoms with Crippen molar-refractivity contribution in [2.75, 3.05) is 6.26 Å². The Kier molecular flexibility index (Phi) is 5.32. The van der Waals surface area contributed by atoms with Crippen molar-refractivity contribution in [2.45, 2.75) is 31.7 Å². The number of aromatic nitrogens is 6. The standard InChI is InChI=1S/C12H19N7OS/c1-9(5-19-7-11(8-21-3)15-17-19)13-12(20)4-10-6-18(2)16-14-10/h6-7,9H,4-5,8H2,1-3H3,(H,13,20)/t9-/m0/s1. The summed E-state index contributed by atoms with van der Waals surface area (Å²) in [5, 5.41) is 18.7. The molecule has 0 saturated heterocycles. The number of aryl methyl sites for hydroxylation is 1. The number of hydrogen-bond donors (Lipinski definition) is 1. The van der Waals surface area contributed by atoms with Gasteiger partial charge in [-0.05, 0) is 13.2 Å². The van der Waals surface area contributed by atoms with Crippen LogP contribution in [0.1, 0.15) is 18.3 Å². The fourth-order valence-electron chi connectivity index (χ4n) is 1.93. The Hall–Kier alpha value is -1.90. The number of thioether (sulfide) groups is 1. The van der Waals surface area contributed by atoms with Crippen molar-refractivity contribution in [3.8, 4) is 0 Å². The number of amides is 1. The van der Waals surface area contributed by atoms with Crippen molar-refractivity contribution in [1.29, 1.82) is 0 Å². The van der Waals surface area contributed by atoms with Gasteiger partial charge in [-0.25, -0.2) is 0 Å². The number of nitrogens with zero attached hydrogens (tertiary/aromatic N) is 6. The van der Waals surface area contributed by atoms with Crippen LogP contribution in [-0.4, -0.2) is 48.2 Å². The molecule has 0 radical (unpaired) electrons. The van der Waals surface area contributed by atoms with E-state index >= 15 is 0 Å². The van der Waals surface area contributed by atoms with Crippen LogP contribution in [0.5, 0.6) is 0 Å². The van der Waals surface area contributed by atoms with Crippen LogP contribution in [0.4, 0.5) is 0 Å². The highest BCUT2D eigenvalue weighted by atomic mass is 32.2. The van der Waals surface area contributed by atoms with Gasteiger partial charge in [-0.3, -0.25) is 14.2 Å². The molecule has 0 spiro atoms. The maximum atomic E-state index is 11.9. The first-order valence-corrected chi connectivity index (χ1v) is 7.98. The van der Waals surface area contributed by atoms with Crippen LogP contribution in [0, 0.1) is 0 Å². The van der Waals surface area contributed by atoms with E-state index in [1.807, 2.05) is 19.4 Å². The van der Waals surface area contributed by atoms with Crippen LogP contribution in [0.25, 0.3) is 0 Å². The molecule has 2 aromatic heterocycles. The first-order chi connectivity index (χ1) is 10.1. The largest absolute Gasteiger partial charge is 0.351 e. The molecule has 0 aromatic carbocycles. The van der Waals surface area contributed by atoms with Crippen molar-refractivity contribution >= 4 is 17.7 Å². The number of carbonyl (C=O) groups excluding carboxylic acids is 1. The monoisotopic (exact) mass is 309 g/mol. The van der Waals surface area contributed by atoms with Gasteiger partial charge in [-0.15, -0.1) is 10.2 Å². The fourth-order valence-corrected chi connectivity index (χ4v) is 2.36. The second-order valence-corrected chi connectivity index (χ2v) is 5.76. The minimum absolute atomic E-state index is 0.0296. The minimum atomic E-state index is -0.0764. The molecule has 0 fully saturated rings. The van der Waals surface area contributed by atoms with Crippen molar-refractivity contribution in [3.63, 3.8) is 0 Å². The van der Waals surface area contributed by atoms with Gasteiger partial charge in [0.05, 0.1) is 24.4 Å². The van der Waals surface area contributed by atoms with Gasteiger partial charge in [0.2, 0.25) is 5.91 Å². The SMILES string of the molecule is CSCc1cn(C[C@H](C)NC(=O)Cc2cn(C)nn2)nn1. The summed E-state index contributed by atoms with van der Waals surface area (Å²) in [6.07, 6.45) is 5.89. The maximum absolute atomic E-state index is 11.9. The van der Waals surface area contributed by atoms with Crippen LogP contribution in [-0.2, 0) is 30.6 Å². The third kappa shape index (κ3) is 4.85. The molecule has 1 N–H and O–H groups in total. The average Bonchev–Trinajstić information content (AvgIpc) is 2.99. The van der Waals surface area contributed by atoms with Gasteiger partial charge in [0.1, 0.15) is 0 Å². The molecule has 0 unspecified atom stereocenters.